The number of aliphatic hydroxyl groups is 1. The van der Waals surface area contributed by atoms with Gasteiger partial charge in [-0.05, 0) is 23.6 Å². The van der Waals surface area contributed by atoms with E-state index in [-0.39, 0.29) is 6.61 Å². The lowest BCUT2D eigenvalue weighted by Gasteiger charge is -2.09. The van der Waals surface area contributed by atoms with Gasteiger partial charge in [-0.3, -0.25) is 0 Å². The minimum atomic E-state index is -0.170. The first-order valence-electron chi connectivity index (χ1n) is 7.09. The minimum absolute atomic E-state index is 0.170. The van der Waals surface area contributed by atoms with Crippen molar-refractivity contribution in [2.75, 3.05) is 33.5 Å². The van der Waals surface area contributed by atoms with Crippen LogP contribution in [0.4, 0.5) is 0 Å². The lowest BCUT2D eigenvalue weighted by molar-refractivity contribution is 0.0314. The number of rotatable bonds is 8. The summed E-state index contributed by atoms with van der Waals surface area (Å²) < 4.78 is 16.3. The van der Waals surface area contributed by atoms with Crippen LogP contribution in [-0.4, -0.2) is 38.6 Å². The maximum Gasteiger partial charge on any atom is 0.134 e. The van der Waals surface area contributed by atoms with E-state index in [0.717, 1.165) is 17.7 Å². The van der Waals surface area contributed by atoms with Crippen molar-refractivity contribution in [1.82, 2.24) is 0 Å². The van der Waals surface area contributed by atoms with Crippen LogP contribution >= 0.6 is 0 Å². The monoisotopic (exact) mass is 292 g/mol. The SMILES string of the molecule is COc1ccc(COCCOCC(C)C)cc1C#CCO. The van der Waals surface area contributed by atoms with Crippen LogP contribution in [-0.2, 0) is 16.1 Å². The van der Waals surface area contributed by atoms with Crippen molar-refractivity contribution in [3.05, 3.63) is 29.3 Å². The Morgan fingerprint density at radius 1 is 1.19 bits per heavy atom. The van der Waals surface area contributed by atoms with Gasteiger partial charge in [-0.1, -0.05) is 31.8 Å². The van der Waals surface area contributed by atoms with Crippen LogP contribution in [0.15, 0.2) is 18.2 Å². The van der Waals surface area contributed by atoms with Crippen molar-refractivity contribution >= 4 is 0 Å². The van der Waals surface area contributed by atoms with Gasteiger partial charge >= 0.3 is 0 Å². The van der Waals surface area contributed by atoms with Crippen LogP contribution in [0.5, 0.6) is 5.75 Å². The molecule has 0 amide bonds. The molecule has 0 fully saturated rings. The standard InChI is InChI=1S/C17H24O4/c1-14(2)12-20-9-10-21-13-15-6-7-17(19-3)16(11-15)5-4-8-18/h6-7,11,14,18H,8-10,12-13H2,1-3H3. The summed E-state index contributed by atoms with van der Waals surface area (Å²) in [5, 5.41) is 8.77. The Bertz CT molecular complexity index is 471. The van der Waals surface area contributed by atoms with Crippen LogP contribution in [0.1, 0.15) is 25.0 Å². The first-order chi connectivity index (χ1) is 10.2. The lowest BCUT2D eigenvalue weighted by Crippen LogP contribution is -2.08. The average molecular weight is 292 g/mol. The molecule has 0 bridgehead atoms. The van der Waals surface area contributed by atoms with Crippen molar-refractivity contribution < 1.29 is 19.3 Å². The zero-order chi connectivity index (χ0) is 15.5. The van der Waals surface area contributed by atoms with Gasteiger partial charge in [0, 0.05) is 6.61 Å². The molecule has 1 rings (SSSR count). The molecule has 0 radical (unpaired) electrons. The van der Waals surface area contributed by atoms with Gasteiger partial charge in [-0.25, -0.2) is 0 Å². The summed E-state index contributed by atoms with van der Waals surface area (Å²) in [6, 6.07) is 5.71. The molecule has 1 aromatic rings. The van der Waals surface area contributed by atoms with E-state index in [0.29, 0.717) is 31.5 Å². The molecule has 0 aromatic heterocycles. The fourth-order valence-corrected chi connectivity index (χ4v) is 1.70. The Kier molecular flexibility index (Phi) is 8.53. The molecule has 4 nitrogen and oxygen atoms in total. The topological polar surface area (TPSA) is 47.9 Å². The molecule has 0 saturated carbocycles. The van der Waals surface area contributed by atoms with E-state index in [4.69, 9.17) is 19.3 Å². The molecule has 0 saturated heterocycles. The number of aliphatic hydroxyl groups excluding tert-OH is 1. The Labute approximate surface area is 127 Å². The van der Waals surface area contributed by atoms with Crippen LogP contribution in [0.25, 0.3) is 0 Å². The van der Waals surface area contributed by atoms with Gasteiger partial charge in [0.15, 0.2) is 0 Å². The van der Waals surface area contributed by atoms with Gasteiger partial charge in [-0.15, -0.1) is 0 Å². The molecule has 4 heteroatoms. The third-order valence-corrected chi connectivity index (χ3v) is 2.66. The molecule has 0 aliphatic carbocycles. The maximum absolute atomic E-state index is 8.77. The predicted molar refractivity (Wildman–Crippen MR) is 82.3 cm³/mol. The maximum atomic E-state index is 8.77. The Balaban J connectivity index is 2.45. The van der Waals surface area contributed by atoms with Gasteiger partial charge in [-0.2, -0.15) is 0 Å². The van der Waals surface area contributed by atoms with E-state index < -0.39 is 0 Å². The van der Waals surface area contributed by atoms with E-state index in [1.807, 2.05) is 18.2 Å². The Hall–Kier alpha value is -1.54. The first kappa shape index (κ1) is 17.5. The highest BCUT2D eigenvalue weighted by Gasteiger charge is 2.02. The first-order valence-corrected chi connectivity index (χ1v) is 7.09. The third-order valence-electron chi connectivity index (χ3n) is 2.66. The quantitative estimate of drug-likeness (QED) is 0.589. The molecule has 1 aromatic carbocycles. The Morgan fingerprint density at radius 2 is 1.95 bits per heavy atom. The second kappa shape index (κ2) is 10.2. The van der Waals surface area contributed by atoms with E-state index in [1.165, 1.54) is 0 Å². The van der Waals surface area contributed by atoms with E-state index >= 15 is 0 Å². The fourth-order valence-electron chi connectivity index (χ4n) is 1.70. The van der Waals surface area contributed by atoms with Crippen molar-refractivity contribution in [2.45, 2.75) is 20.5 Å². The van der Waals surface area contributed by atoms with E-state index in [2.05, 4.69) is 25.7 Å². The highest BCUT2D eigenvalue weighted by Crippen LogP contribution is 2.19. The van der Waals surface area contributed by atoms with E-state index in [1.54, 1.807) is 7.11 Å². The summed E-state index contributed by atoms with van der Waals surface area (Å²) in [6.45, 7) is 6.49. The Morgan fingerprint density at radius 3 is 2.62 bits per heavy atom. The fraction of sp³-hybridized carbons (Fsp3) is 0.529. The van der Waals surface area contributed by atoms with Crippen LogP contribution in [0.2, 0.25) is 0 Å². The second-order valence-electron chi connectivity index (χ2n) is 5.02. The van der Waals surface area contributed by atoms with E-state index in [9.17, 15) is 0 Å². The molecule has 0 aliphatic heterocycles. The number of methoxy groups -OCH3 is 1. The summed E-state index contributed by atoms with van der Waals surface area (Å²) in [6.07, 6.45) is 0. The highest BCUT2D eigenvalue weighted by atomic mass is 16.5. The molecule has 0 spiro atoms. The van der Waals surface area contributed by atoms with Crippen LogP contribution in [0.3, 0.4) is 0 Å². The second-order valence-corrected chi connectivity index (χ2v) is 5.02. The van der Waals surface area contributed by atoms with Gasteiger partial charge in [0.1, 0.15) is 12.4 Å². The zero-order valence-corrected chi connectivity index (χ0v) is 13.0. The average Bonchev–Trinajstić information content (AvgIpc) is 2.48. The molecule has 21 heavy (non-hydrogen) atoms. The summed E-state index contributed by atoms with van der Waals surface area (Å²) in [5.41, 5.74) is 1.77. The molecule has 0 heterocycles. The summed E-state index contributed by atoms with van der Waals surface area (Å²) >= 11 is 0. The molecule has 0 unspecified atom stereocenters. The summed E-state index contributed by atoms with van der Waals surface area (Å²) in [7, 11) is 1.60. The smallest absolute Gasteiger partial charge is 0.134 e. The predicted octanol–water partition coefficient (Wildman–Crippen LogP) is 2.23. The highest BCUT2D eigenvalue weighted by molar-refractivity contribution is 5.48. The summed E-state index contributed by atoms with van der Waals surface area (Å²) in [5.74, 6) is 6.73. The van der Waals surface area contributed by atoms with Crippen LogP contribution in [0, 0.1) is 17.8 Å². The van der Waals surface area contributed by atoms with Gasteiger partial charge in [0.05, 0.1) is 32.5 Å². The lowest BCUT2D eigenvalue weighted by atomic mass is 10.1. The molecular weight excluding hydrogens is 268 g/mol. The molecule has 0 aliphatic rings. The third kappa shape index (κ3) is 7.14. The molecule has 1 N–H and O–H groups in total. The minimum Gasteiger partial charge on any atom is -0.495 e. The van der Waals surface area contributed by atoms with Crippen molar-refractivity contribution in [2.24, 2.45) is 5.92 Å². The molecule has 0 atom stereocenters. The van der Waals surface area contributed by atoms with Crippen LogP contribution < -0.4 is 4.74 Å². The largest absolute Gasteiger partial charge is 0.495 e. The summed E-state index contributed by atoms with van der Waals surface area (Å²) in [4.78, 5) is 0. The number of benzene rings is 1. The number of ether oxygens (including phenoxy) is 3. The van der Waals surface area contributed by atoms with Crippen molar-refractivity contribution in [3.8, 4) is 17.6 Å². The normalized spacial score (nSPS) is 10.3. The number of hydrogen-bond acceptors (Lipinski definition) is 4. The molecule has 116 valence electrons. The van der Waals surface area contributed by atoms with Gasteiger partial charge < -0.3 is 19.3 Å². The van der Waals surface area contributed by atoms with Crippen molar-refractivity contribution in [1.29, 1.82) is 0 Å². The van der Waals surface area contributed by atoms with Gasteiger partial charge in [0.2, 0.25) is 0 Å². The molecular formula is C17H24O4. The van der Waals surface area contributed by atoms with Crippen molar-refractivity contribution in [3.63, 3.8) is 0 Å². The van der Waals surface area contributed by atoms with Gasteiger partial charge in [0.25, 0.3) is 0 Å². The zero-order valence-electron chi connectivity index (χ0n) is 13.0. The number of hydrogen-bond donors (Lipinski definition) is 1.